The van der Waals surface area contributed by atoms with Crippen LogP contribution < -0.4 is 10.1 Å². The fraction of sp³-hybridized carbons (Fsp3) is 0.471. The number of nitrogens with one attached hydrogen (secondary N) is 2. The molecule has 0 aliphatic heterocycles. The van der Waals surface area contributed by atoms with E-state index in [2.05, 4.69) is 10.3 Å². The van der Waals surface area contributed by atoms with Crippen LogP contribution in [0, 0.1) is 11.3 Å². The van der Waals surface area contributed by atoms with Gasteiger partial charge < -0.3 is 15.0 Å². The fourth-order valence-electron chi connectivity index (χ4n) is 3.83. The third-order valence-electron chi connectivity index (χ3n) is 5.03. The number of hydrogen-bond donors (Lipinski definition) is 2. The van der Waals surface area contributed by atoms with Gasteiger partial charge in [0.25, 0.3) is 0 Å². The predicted molar refractivity (Wildman–Crippen MR) is 82.5 cm³/mol. The summed E-state index contributed by atoms with van der Waals surface area (Å²) < 4.78 is 5.91. The van der Waals surface area contributed by atoms with Crippen molar-refractivity contribution >= 4 is 22.5 Å². The van der Waals surface area contributed by atoms with Gasteiger partial charge in [-0.1, -0.05) is 0 Å². The summed E-state index contributed by atoms with van der Waals surface area (Å²) in [6.45, 7) is 2.31. The number of hydrogen-bond acceptors (Lipinski definition) is 2. The second-order valence-electron chi connectivity index (χ2n) is 6.67. The van der Waals surface area contributed by atoms with Crippen molar-refractivity contribution in [2.24, 2.45) is 11.3 Å². The standard InChI is InChI=1S/C17H20N2O2/c1-11(20)19-16-10-18-15-3-2-13(6-14(15)16)21-5-4-17-7-12(8-17)9-17/h2-3,6,10,12,18H,4-5,7-9H2,1H3,(H,19,20). The first-order valence-corrected chi connectivity index (χ1v) is 7.65. The summed E-state index contributed by atoms with van der Waals surface area (Å²) in [6, 6.07) is 5.98. The average Bonchev–Trinajstić information content (AvgIpc) is 2.73. The second kappa shape index (κ2) is 4.52. The van der Waals surface area contributed by atoms with E-state index in [9.17, 15) is 4.79 Å². The van der Waals surface area contributed by atoms with E-state index in [0.717, 1.165) is 34.9 Å². The van der Waals surface area contributed by atoms with E-state index in [0.29, 0.717) is 5.41 Å². The summed E-state index contributed by atoms with van der Waals surface area (Å²) in [4.78, 5) is 14.4. The van der Waals surface area contributed by atoms with Gasteiger partial charge in [-0.25, -0.2) is 0 Å². The van der Waals surface area contributed by atoms with Crippen molar-refractivity contribution in [1.29, 1.82) is 0 Å². The molecule has 1 aromatic heterocycles. The van der Waals surface area contributed by atoms with Crippen LogP contribution in [0.3, 0.4) is 0 Å². The van der Waals surface area contributed by atoms with Crippen molar-refractivity contribution in [3.8, 4) is 5.75 Å². The van der Waals surface area contributed by atoms with Crippen LogP contribution >= 0.6 is 0 Å². The van der Waals surface area contributed by atoms with Gasteiger partial charge in [0.05, 0.1) is 12.3 Å². The van der Waals surface area contributed by atoms with Gasteiger partial charge in [0.1, 0.15) is 5.75 Å². The molecule has 4 heteroatoms. The zero-order valence-electron chi connectivity index (χ0n) is 12.2. The molecule has 1 amide bonds. The van der Waals surface area contributed by atoms with Gasteiger partial charge in [0, 0.05) is 24.0 Å². The number of fused-ring (bicyclic) bond motifs is 1. The van der Waals surface area contributed by atoms with Crippen LogP contribution in [0.4, 0.5) is 5.69 Å². The van der Waals surface area contributed by atoms with E-state index in [-0.39, 0.29) is 5.91 Å². The lowest BCUT2D eigenvalue weighted by Gasteiger charge is -2.62. The number of ether oxygens (including phenoxy) is 1. The van der Waals surface area contributed by atoms with E-state index in [1.54, 1.807) is 0 Å². The Labute approximate surface area is 123 Å². The van der Waals surface area contributed by atoms with Gasteiger partial charge >= 0.3 is 0 Å². The molecule has 3 aliphatic carbocycles. The number of benzene rings is 1. The van der Waals surface area contributed by atoms with E-state index >= 15 is 0 Å². The van der Waals surface area contributed by atoms with Crippen LogP contribution in [0.15, 0.2) is 24.4 Å². The summed E-state index contributed by atoms with van der Waals surface area (Å²) in [5.41, 5.74) is 2.44. The Bertz CT molecular complexity index is 687. The zero-order valence-corrected chi connectivity index (χ0v) is 12.2. The van der Waals surface area contributed by atoms with E-state index in [1.165, 1.54) is 32.6 Å². The molecule has 0 saturated heterocycles. The number of aromatic amines is 1. The first-order chi connectivity index (χ1) is 10.1. The van der Waals surface area contributed by atoms with Gasteiger partial charge in [-0.2, -0.15) is 0 Å². The third kappa shape index (κ3) is 2.19. The highest BCUT2D eigenvalue weighted by molar-refractivity contribution is 6.01. The summed E-state index contributed by atoms with van der Waals surface area (Å²) in [7, 11) is 0. The first kappa shape index (κ1) is 12.7. The monoisotopic (exact) mass is 284 g/mol. The van der Waals surface area contributed by atoms with E-state index in [4.69, 9.17) is 4.74 Å². The highest BCUT2D eigenvalue weighted by atomic mass is 16.5. The van der Waals surface area contributed by atoms with Gasteiger partial charge in [-0.15, -0.1) is 0 Å². The van der Waals surface area contributed by atoms with Gasteiger partial charge in [0.2, 0.25) is 5.91 Å². The maximum absolute atomic E-state index is 11.2. The molecule has 3 saturated carbocycles. The topological polar surface area (TPSA) is 54.1 Å². The molecule has 4 nitrogen and oxygen atoms in total. The number of rotatable bonds is 5. The molecular weight excluding hydrogens is 264 g/mol. The normalized spacial score (nSPS) is 26.0. The minimum Gasteiger partial charge on any atom is -0.494 e. The molecule has 2 bridgehead atoms. The minimum absolute atomic E-state index is 0.0640. The summed E-state index contributed by atoms with van der Waals surface area (Å²) in [5, 5.41) is 3.83. The van der Waals surface area contributed by atoms with Crippen molar-refractivity contribution in [2.75, 3.05) is 11.9 Å². The second-order valence-corrected chi connectivity index (χ2v) is 6.67. The van der Waals surface area contributed by atoms with Crippen molar-refractivity contribution in [1.82, 2.24) is 4.98 Å². The Balaban J connectivity index is 1.45. The molecule has 21 heavy (non-hydrogen) atoms. The van der Waals surface area contributed by atoms with Crippen LogP contribution in [0.5, 0.6) is 5.75 Å². The molecule has 0 unspecified atom stereocenters. The molecule has 2 aromatic rings. The van der Waals surface area contributed by atoms with Gasteiger partial charge in [-0.05, 0) is 55.2 Å². The lowest BCUT2D eigenvalue weighted by Crippen LogP contribution is -2.52. The number of H-pyrrole nitrogens is 1. The number of carbonyl (C=O) groups excluding carboxylic acids is 1. The van der Waals surface area contributed by atoms with Crippen LogP contribution in [0.2, 0.25) is 0 Å². The Morgan fingerprint density at radius 2 is 2.24 bits per heavy atom. The number of amides is 1. The Kier molecular flexibility index (Phi) is 2.74. The maximum atomic E-state index is 11.2. The molecule has 0 atom stereocenters. The van der Waals surface area contributed by atoms with Gasteiger partial charge in [0.15, 0.2) is 0 Å². The quantitative estimate of drug-likeness (QED) is 0.879. The number of carbonyl (C=O) groups is 1. The van der Waals surface area contributed by atoms with Crippen molar-refractivity contribution < 1.29 is 9.53 Å². The largest absolute Gasteiger partial charge is 0.494 e. The van der Waals surface area contributed by atoms with Crippen LogP contribution in [-0.4, -0.2) is 17.5 Å². The third-order valence-corrected chi connectivity index (χ3v) is 5.03. The van der Waals surface area contributed by atoms with Crippen molar-refractivity contribution in [3.63, 3.8) is 0 Å². The Morgan fingerprint density at radius 3 is 2.90 bits per heavy atom. The molecule has 0 spiro atoms. The van der Waals surface area contributed by atoms with E-state index < -0.39 is 0 Å². The fourth-order valence-corrected chi connectivity index (χ4v) is 3.83. The highest BCUT2D eigenvalue weighted by Crippen LogP contribution is 2.66. The number of aromatic nitrogens is 1. The first-order valence-electron chi connectivity index (χ1n) is 7.65. The minimum atomic E-state index is -0.0640. The molecule has 2 N–H and O–H groups in total. The lowest BCUT2D eigenvalue weighted by atomic mass is 9.43. The molecule has 3 aliphatic rings. The highest BCUT2D eigenvalue weighted by Gasteiger charge is 2.55. The smallest absolute Gasteiger partial charge is 0.221 e. The van der Waals surface area contributed by atoms with Crippen molar-refractivity contribution in [3.05, 3.63) is 24.4 Å². The molecule has 3 fully saturated rings. The molecule has 1 aromatic carbocycles. The molecule has 5 rings (SSSR count). The zero-order chi connectivity index (χ0) is 14.4. The van der Waals surface area contributed by atoms with Crippen molar-refractivity contribution in [2.45, 2.75) is 32.6 Å². The van der Waals surface area contributed by atoms with Crippen LogP contribution in [0.25, 0.3) is 10.9 Å². The van der Waals surface area contributed by atoms with Gasteiger partial charge in [-0.3, -0.25) is 4.79 Å². The SMILES string of the molecule is CC(=O)Nc1c[nH]c2ccc(OCCC34CC(C3)C4)cc12. The Morgan fingerprint density at radius 1 is 1.43 bits per heavy atom. The Hall–Kier alpha value is -1.97. The van der Waals surface area contributed by atoms with Crippen LogP contribution in [0.1, 0.15) is 32.6 Å². The molecule has 110 valence electrons. The molecule has 0 radical (unpaired) electrons. The summed E-state index contributed by atoms with van der Waals surface area (Å²) >= 11 is 0. The van der Waals surface area contributed by atoms with Crippen LogP contribution in [-0.2, 0) is 4.79 Å². The summed E-state index contributed by atoms with van der Waals surface area (Å²) in [5.74, 6) is 1.84. The summed E-state index contributed by atoms with van der Waals surface area (Å²) in [6.07, 6.45) is 7.24. The number of anilines is 1. The maximum Gasteiger partial charge on any atom is 0.221 e. The predicted octanol–water partition coefficient (Wildman–Crippen LogP) is 3.70. The van der Waals surface area contributed by atoms with E-state index in [1.807, 2.05) is 24.4 Å². The average molecular weight is 284 g/mol. The molecular formula is C17H20N2O2. The lowest BCUT2D eigenvalue weighted by molar-refractivity contribution is -0.117. The molecule has 1 heterocycles.